The van der Waals surface area contributed by atoms with Gasteiger partial charge in [-0.05, 0) is 23.8 Å². The molecule has 1 N–H and O–H groups in total. The van der Waals surface area contributed by atoms with Gasteiger partial charge < -0.3 is 14.7 Å². The Morgan fingerprint density at radius 3 is 2.73 bits per heavy atom. The van der Waals surface area contributed by atoms with Crippen LogP contribution >= 0.6 is 23.2 Å². The minimum Gasteiger partial charge on any atom is -0.386 e. The molecule has 5 nitrogen and oxygen atoms in total. The van der Waals surface area contributed by atoms with E-state index in [1.807, 2.05) is 0 Å². The molecule has 26 heavy (non-hydrogen) atoms. The van der Waals surface area contributed by atoms with Gasteiger partial charge >= 0.3 is 0 Å². The fourth-order valence-electron chi connectivity index (χ4n) is 2.80. The quantitative estimate of drug-likeness (QED) is 0.783. The molecular weight excluding hydrogens is 375 g/mol. The molecular formula is C19H20Cl2N2O3. The van der Waals surface area contributed by atoms with Crippen molar-refractivity contribution in [3.05, 3.63) is 63.9 Å². The predicted molar refractivity (Wildman–Crippen MR) is 100 cm³/mol. The summed E-state index contributed by atoms with van der Waals surface area (Å²) in [5.74, 6) is 0.229. The van der Waals surface area contributed by atoms with E-state index in [-0.39, 0.29) is 18.9 Å². The van der Waals surface area contributed by atoms with Gasteiger partial charge in [0.1, 0.15) is 0 Å². The lowest BCUT2D eigenvalue weighted by Crippen LogP contribution is -2.44. The molecule has 0 spiro atoms. The zero-order valence-corrected chi connectivity index (χ0v) is 15.7. The molecule has 2 heterocycles. The molecule has 1 aliphatic heterocycles. The van der Waals surface area contributed by atoms with Gasteiger partial charge in [-0.25, -0.2) is 0 Å². The first-order valence-electron chi connectivity index (χ1n) is 8.40. The highest BCUT2D eigenvalue weighted by Gasteiger charge is 2.26. The van der Waals surface area contributed by atoms with E-state index in [1.54, 1.807) is 47.6 Å². The van der Waals surface area contributed by atoms with Crippen LogP contribution in [0.5, 0.6) is 0 Å². The molecule has 1 saturated heterocycles. The van der Waals surface area contributed by atoms with Gasteiger partial charge in [0.05, 0.1) is 42.3 Å². The van der Waals surface area contributed by atoms with Gasteiger partial charge in [-0.3, -0.25) is 9.78 Å². The summed E-state index contributed by atoms with van der Waals surface area (Å²) in [5.41, 5.74) is 1.47. The zero-order chi connectivity index (χ0) is 18.5. The summed E-state index contributed by atoms with van der Waals surface area (Å²) in [4.78, 5) is 18.5. The van der Waals surface area contributed by atoms with Gasteiger partial charge in [-0.2, -0.15) is 0 Å². The van der Waals surface area contributed by atoms with Gasteiger partial charge in [0.2, 0.25) is 5.91 Å². The summed E-state index contributed by atoms with van der Waals surface area (Å²) in [5, 5.41) is 11.4. The van der Waals surface area contributed by atoms with Crippen molar-refractivity contribution in [2.75, 3.05) is 26.3 Å². The fraction of sp³-hybridized carbons (Fsp3) is 0.368. The van der Waals surface area contributed by atoms with Crippen LogP contribution in [0.4, 0.5) is 0 Å². The Balaban J connectivity index is 1.69. The first-order valence-corrected chi connectivity index (χ1v) is 9.16. The van der Waals surface area contributed by atoms with Crippen molar-refractivity contribution in [3.8, 4) is 0 Å². The maximum absolute atomic E-state index is 12.8. The Bertz CT molecular complexity index is 754. The molecule has 7 heteroatoms. The van der Waals surface area contributed by atoms with Crippen molar-refractivity contribution in [1.29, 1.82) is 0 Å². The van der Waals surface area contributed by atoms with Gasteiger partial charge in [-0.1, -0.05) is 35.3 Å². The van der Waals surface area contributed by atoms with Gasteiger partial charge in [0.15, 0.2) is 0 Å². The van der Waals surface area contributed by atoms with Crippen molar-refractivity contribution in [1.82, 2.24) is 9.88 Å². The van der Waals surface area contributed by atoms with Crippen LogP contribution in [0.1, 0.15) is 17.2 Å². The molecule has 1 aromatic carbocycles. The van der Waals surface area contributed by atoms with Crippen LogP contribution in [-0.2, 0) is 16.0 Å². The second-order valence-electron chi connectivity index (χ2n) is 6.43. The smallest absolute Gasteiger partial charge is 0.227 e. The second-order valence-corrected chi connectivity index (χ2v) is 7.24. The molecule has 0 radical (unpaired) electrons. The van der Waals surface area contributed by atoms with Crippen LogP contribution in [0.3, 0.4) is 0 Å². The van der Waals surface area contributed by atoms with E-state index >= 15 is 0 Å². The summed E-state index contributed by atoms with van der Waals surface area (Å²) < 4.78 is 5.21. The van der Waals surface area contributed by atoms with E-state index in [9.17, 15) is 9.90 Å². The first-order chi connectivity index (χ1) is 12.5. The maximum Gasteiger partial charge on any atom is 0.227 e. The number of ether oxygens (including phenoxy) is 1. The highest BCUT2D eigenvalue weighted by atomic mass is 35.5. The lowest BCUT2D eigenvalue weighted by atomic mass is 10.0. The lowest BCUT2D eigenvalue weighted by molar-refractivity contribution is -0.135. The topological polar surface area (TPSA) is 62.7 Å². The Hall–Kier alpha value is -1.66. The summed E-state index contributed by atoms with van der Waals surface area (Å²) in [6, 6.07) is 8.73. The predicted octanol–water partition coefficient (Wildman–Crippen LogP) is 3.14. The molecule has 1 atom stereocenters. The van der Waals surface area contributed by atoms with Crippen LogP contribution in [0.2, 0.25) is 10.0 Å². The molecule has 0 saturated carbocycles. The molecule has 1 amide bonds. The summed E-state index contributed by atoms with van der Waals surface area (Å²) in [6.07, 6.45) is 2.67. The standard InChI is InChI=1S/C19H20Cl2N2O3/c20-16-4-3-13(6-17(16)21)7-19(25)23(9-14-11-26-12-14)10-18(24)15-2-1-5-22-8-15/h1-6,8,14,18,24H,7,9-12H2/t18-/m1/s1. The average Bonchev–Trinajstić information content (AvgIpc) is 2.60. The van der Waals surface area contributed by atoms with E-state index < -0.39 is 6.10 Å². The van der Waals surface area contributed by atoms with E-state index in [0.29, 0.717) is 41.3 Å². The van der Waals surface area contributed by atoms with Crippen LogP contribution < -0.4 is 0 Å². The van der Waals surface area contributed by atoms with Gasteiger partial charge in [-0.15, -0.1) is 0 Å². The third-order valence-corrected chi connectivity index (χ3v) is 5.08. The molecule has 0 bridgehead atoms. The van der Waals surface area contributed by atoms with E-state index in [0.717, 1.165) is 5.56 Å². The van der Waals surface area contributed by atoms with Crippen LogP contribution in [0.15, 0.2) is 42.7 Å². The molecule has 1 fully saturated rings. The van der Waals surface area contributed by atoms with E-state index in [1.165, 1.54) is 0 Å². The Morgan fingerprint density at radius 2 is 2.12 bits per heavy atom. The SMILES string of the molecule is O=C(Cc1ccc(Cl)c(Cl)c1)N(CC1COC1)C[C@@H](O)c1cccnc1. The molecule has 1 aromatic heterocycles. The number of pyridine rings is 1. The Labute approximate surface area is 162 Å². The zero-order valence-electron chi connectivity index (χ0n) is 14.1. The number of halogens is 2. The molecule has 3 rings (SSSR count). The van der Waals surface area contributed by atoms with Crippen molar-refractivity contribution in [2.45, 2.75) is 12.5 Å². The molecule has 2 aromatic rings. The first kappa shape index (κ1) is 19.1. The number of hydrogen-bond donors (Lipinski definition) is 1. The monoisotopic (exact) mass is 394 g/mol. The summed E-state index contributed by atoms with van der Waals surface area (Å²) in [6.45, 7) is 2.04. The maximum atomic E-state index is 12.8. The Kier molecular flexibility index (Phi) is 6.48. The largest absolute Gasteiger partial charge is 0.386 e. The van der Waals surface area contributed by atoms with Crippen LogP contribution in [0.25, 0.3) is 0 Å². The number of aliphatic hydroxyl groups is 1. The minimum atomic E-state index is -0.789. The summed E-state index contributed by atoms with van der Waals surface area (Å²) in [7, 11) is 0. The number of aliphatic hydroxyl groups excluding tert-OH is 1. The number of hydrogen-bond acceptors (Lipinski definition) is 4. The van der Waals surface area contributed by atoms with Gasteiger partial charge in [0, 0.05) is 30.4 Å². The van der Waals surface area contributed by atoms with Crippen molar-refractivity contribution in [3.63, 3.8) is 0 Å². The number of rotatable bonds is 7. The van der Waals surface area contributed by atoms with Crippen molar-refractivity contribution in [2.24, 2.45) is 5.92 Å². The lowest BCUT2D eigenvalue weighted by Gasteiger charge is -2.33. The number of nitrogens with zero attached hydrogens (tertiary/aromatic N) is 2. The van der Waals surface area contributed by atoms with E-state index in [2.05, 4.69) is 4.98 Å². The highest BCUT2D eigenvalue weighted by Crippen LogP contribution is 2.24. The molecule has 0 aliphatic carbocycles. The van der Waals surface area contributed by atoms with E-state index in [4.69, 9.17) is 27.9 Å². The highest BCUT2D eigenvalue weighted by molar-refractivity contribution is 6.42. The van der Waals surface area contributed by atoms with Crippen molar-refractivity contribution < 1.29 is 14.6 Å². The normalized spacial score (nSPS) is 15.3. The number of aromatic nitrogens is 1. The van der Waals surface area contributed by atoms with Crippen molar-refractivity contribution >= 4 is 29.1 Å². The number of benzene rings is 1. The molecule has 0 unspecified atom stereocenters. The summed E-state index contributed by atoms with van der Waals surface area (Å²) >= 11 is 12.0. The van der Waals surface area contributed by atoms with Crippen LogP contribution in [-0.4, -0.2) is 47.2 Å². The van der Waals surface area contributed by atoms with Gasteiger partial charge in [0.25, 0.3) is 0 Å². The van der Waals surface area contributed by atoms with Crippen LogP contribution in [0, 0.1) is 5.92 Å². The Morgan fingerprint density at radius 1 is 1.31 bits per heavy atom. The minimum absolute atomic E-state index is 0.0711. The second kappa shape index (κ2) is 8.82. The number of amides is 1. The third-order valence-electron chi connectivity index (χ3n) is 4.34. The molecule has 1 aliphatic rings. The molecule has 138 valence electrons. The fourth-order valence-corrected chi connectivity index (χ4v) is 3.12. The third kappa shape index (κ3) is 4.95. The number of carbonyl (C=O) groups excluding carboxylic acids is 1. The average molecular weight is 395 g/mol. The number of carbonyl (C=O) groups is 1.